The van der Waals surface area contributed by atoms with Crippen LogP contribution in [-0.4, -0.2) is 55.0 Å². The van der Waals surface area contributed by atoms with E-state index in [9.17, 15) is 0 Å². The van der Waals surface area contributed by atoms with Crippen molar-refractivity contribution in [1.29, 1.82) is 0 Å². The van der Waals surface area contributed by atoms with Crippen LogP contribution in [0.3, 0.4) is 0 Å². The van der Waals surface area contributed by atoms with Crippen molar-refractivity contribution in [2.45, 2.75) is 51.5 Å². The van der Waals surface area contributed by atoms with Gasteiger partial charge in [0.15, 0.2) is 5.96 Å². The van der Waals surface area contributed by atoms with E-state index in [-0.39, 0.29) is 5.54 Å². The molecule has 2 N–H and O–H groups in total. The van der Waals surface area contributed by atoms with E-state index in [1.807, 2.05) is 0 Å². The van der Waals surface area contributed by atoms with Gasteiger partial charge in [0.2, 0.25) is 0 Å². The van der Waals surface area contributed by atoms with E-state index < -0.39 is 0 Å². The normalized spacial score (nSPS) is 30.6. The van der Waals surface area contributed by atoms with Gasteiger partial charge in [-0.05, 0) is 45.2 Å². The molecule has 4 heteroatoms. The highest BCUT2D eigenvalue weighted by Crippen LogP contribution is 2.41. The second-order valence-electron chi connectivity index (χ2n) is 7.45. The van der Waals surface area contributed by atoms with E-state index in [1.54, 1.807) is 0 Å². The smallest absolute Gasteiger partial charge is 0.191 e. The van der Waals surface area contributed by atoms with Gasteiger partial charge < -0.3 is 15.5 Å². The molecule has 1 aliphatic heterocycles. The minimum atomic E-state index is 0.234. The first-order valence-corrected chi connectivity index (χ1v) is 8.15. The molecule has 1 fully saturated rings. The van der Waals surface area contributed by atoms with Crippen LogP contribution >= 0.6 is 0 Å². The number of aliphatic imine (C=N–C) groups is 1. The lowest BCUT2D eigenvalue weighted by molar-refractivity contribution is 0.0942. The summed E-state index contributed by atoms with van der Waals surface area (Å²) in [5.41, 5.74) is 6.41. The van der Waals surface area contributed by atoms with E-state index in [1.165, 1.54) is 32.1 Å². The lowest BCUT2D eigenvalue weighted by atomic mass is 9.72. The van der Waals surface area contributed by atoms with E-state index >= 15 is 0 Å². The van der Waals surface area contributed by atoms with Crippen molar-refractivity contribution in [3.63, 3.8) is 0 Å². The van der Waals surface area contributed by atoms with Gasteiger partial charge in [-0.1, -0.05) is 26.7 Å². The fourth-order valence-electron chi connectivity index (χ4n) is 4.01. The minimum Gasteiger partial charge on any atom is -0.370 e. The van der Waals surface area contributed by atoms with E-state index in [0.29, 0.717) is 0 Å². The van der Waals surface area contributed by atoms with Crippen LogP contribution < -0.4 is 5.73 Å². The standard InChI is InChI=1S/C16H32N4/c1-13(2)10-14-6-5-7-16(11-14)12-18-15(17)20(16)9-8-19(3)4/h13-14H,5-12H2,1-4H3,(H2,17,18). The second kappa shape index (κ2) is 6.33. The highest BCUT2D eigenvalue weighted by molar-refractivity contribution is 5.81. The first-order valence-electron chi connectivity index (χ1n) is 8.15. The zero-order valence-electron chi connectivity index (χ0n) is 13.7. The Morgan fingerprint density at radius 1 is 1.45 bits per heavy atom. The molecule has 2 aliphatic rings. The fourth-order valence-corrected chi connectivity index (χ4v) is 4.01. The molecule has 0 aromatic heterocycles. The van der Waals surface area contributed by atoms with Crippen molar-refractivity contribution in [2.24, 2.45) is 22.6 Å². The molecule has 2 unspecified atom stereocenters. The Morgan fingerprint density at radius 3 is 2.85 bits per heavy atom. The quantitative estimate of drug-likeness (QED) is 0.839. The Bertz CT molecular complexity index is 350. The summed E-state index contributed by atoms with van der Waals surface area (Å²) in [5, 5.41) is 0. The number of guanidine groups is 1. The molecule has 0 amide bonds. The Balaban J connectivity index is 2.03. The van der Waals surface area contributed by atoms with Crippen LogP contribution in [0.2, 0.25) is 0 Å². The number of hydrogen-bond acceptors (Lipinski definition) is 4. The number of rotatable bonds is 5. The summed E-state index contributed by atoms with van der Waals surface area (Å²) in [6.07, 6.45) is 6.62. The Kier molecular flexibility index (Phi) is 4.95. The van der Waals surface area contributed by atoms with Gasteiger partial charge in [0.25, 0.3) is 0 Å². The SMILES string of the molecule is CC(C)CC1CCCC2(CN=C(N)N2CCN(C)C)C1. The molecule has 0 bridgehead atoms. The highest BCUT2D eigenvalue weighted by Gasteiger charge is 2.45. The van der Waals surface area contributed by atoms with Gasteiger partial charge in [-0.3, -0.25) is 4.99 Å². The molecule has 2 atom stereocenters. The third-order valence-corrected chi connectivity index (χ3v) is 4.88. The molecule has 1 heterocycles. The zero-order valence-corrected chi connectivity index (χ0v) is 13.7. The van der Waals surface area contributed by atoms with Crippen molar-refractivity contribution < 1.29 is 0 Å². The molecule has 1 spiro atoms. The van der Waals surface area contributed by atoms with E-state index in [4.69, 9.17) is 5.73 Å². The highest BCUT2D eigenvalue weighted by atomic mass is 15.4. The van der Waals surface area contributed by atoms with Crippen LogP contribution in [0, 0.1) is 11.8 Å². The van der Waals surface area contributed by atoms with Gasteiger partial charge in [0.1, 0.15) is 0 Å². The van der Waals surface area contributed by atoms with Crippen molar-refractivity contribution in [3.8, 4) is 0 Å². The summed E-state index contributed by atoms with van der Waals surface area (Å²) in [5.74, 6) is 2.42. The van der Waals surface area contributed by atoms with Crippen LogP contribution in [0.4, 0.5) is 0 Å². The minimum absolute atomic E-state index is 0.234. The molecular formula is C16H32N4. The van der Waals surface area contributed by atoms with Gasteiger partial charge in [-0.15, -0.1) is 0 Å². The first-order chi connectivity index (χ1) is 9.43. The van der Waals surface area contributed by atoms with Gasteiger partial charge >= 0.3 is 0 Å². The number of nitrogens with two attached hydrogens (primary N) is 1. The number of likely N-dealkylation sites (N-methyl/N-ethyl adjacent to an activating group) is 1. The van der Waals surface area contributed by atoms with E-state index in [0.717, 1.165) is 37.4 Å². The van der Waals surface area contributed by atoms with Crippen molar-refractivity contribution in [1.82, 2.24) is 9.80 Å². The van der Waals surface area contributed by atoms with Crippen molar-refractivity contribution in [2.75, 3.05) is 33.7 Å². The molecule has 0 saturated heterocycles. The Hall–Kier alpha value is -0.770. The van der Waals surface area contributed by atoms with Crippen LogP contribution in [0.15, 0.2) is 4.99 Å². The third kappa shape index (κ3) is 3.46. The zero-order chi connectivity index (χ0) is 14.8. The third-order valence-electron chi connectivity index (χ3n) is 4.88. The largest absolute Gasteiger partial charge is 0.370 e. The lowest BCUT2D eigenvalue weighted by Gasteiger charge is -2.45. The number of nitrogens with zero attached hydrogens (tertiary/aromatic N) is 3. The summed E-state index contributed by atoms with van der Waals surface area (Å²) < 4.78 is 0. The maximum Gasteiger partial charge on any atom is 0.191 e. The summed E-state index contributed by atoms with van der Waals surface area (Å²) >= 11 is 0. The van der Waals surface area contributed by atoms with Gasteiger partial charge in [0, 0.05) is 13.1 Å². The summed E-state index contributed by atoms with van der Waals surface area (Å²) in [6, 6.07) is 0. The summed E-state index contributed by atoms with van der Waals surface area (Å²) in [6.45, 7) is 7.65. The molecule has 0 radical (unpaired) electrons. The average Bonchev–Trinajstić information content (AvgIpc) is 2.63. The molecule has 2 rings (SSSR count). The van der Waals surface area contributed by atoms with Crippen LogP contribution in [0.25, 0.3) is 0 Å². The van der Waals surface area contributed by atoms with Crippen molar-refractivity contribution in [3.05, 3.63) is 0 Å². The van der Waals surface area contributed by atoms with Crippen LogP contribution in [0.1, 0.15) is 46.0 Å². The molecule has 116 valence electrons. The predicted octanol–water partition coefficient (Wildman–Crippen LogP) is 2.15. The van der Waals surface area contributed by atoms with Crippen molar-refractivity contribution >= 4 is 5.96 Å². The van der Waals surface area contributed by atoms with Crippen LogP contribution in [0.5, 0.6) is 0 Å². The van der Waals surface area contributed by atoms with Gasteiger partial charge in [-0.2, -0.15) is 0 Å². The van der Waals surface area contributed by atoms with Gasteiger partial charge in [0.05, 0.1) is 12.1 Å². The fraction of sp³-hybridized carbons (Fsp3) is 0.938. The lowest BCUT2D eigenvalue weighted by Crippen LogP contribution is -2.55. The molecular weight excluding hydrogens is 248 g/mol. The molecule has 1 saturated carbocycles. The maximum atomic E-state index is 6.17. The first kappa shape index (κ1) is 15.6. The average molecular weight is 280 g/mol. The van der Waals surface area contributed by atoms with E-state index in [2.05, 4.69) is 42.7 Å². The maximum absolute atomic E-state index is 6.17. The molecule has 1 aliphatic carbocycles. The summed E-state index contributed by atoms with van der Waals surface area (Å²) in [4.78, 5) is 9.23. The molecule has 20 heavy (non-hydrogen) atoms. The molecule has 4 nitrogen and oxygen atoms in total. The topological polar surface area (TPSA) is 44.9 Å². The van der Waals surface area contributed by atoms with Gasteiger partial charge in [-0.25, -0.2) is 0 Å². The monoisotopic (exact) mass is 280 g/mol. The van der Waals surface area contributed by atoms with Crippen LogP contribution in [-0.2, 0) is 0 Å². The Morgan fingerprint density at radius 2 is 2.20 bits per heavy atom. The number of hydrogen-bond donors (Lipinski definition) is 1. The second-order valence-corrected chi connectivity index (χ2v) is 7.45. The predicted molar refractivity (Wildman–Crippen MR) is 85.9 cm³/mol. The molecule has 0 aromatic carbocycles. The summed E-state index contributed by atoms with van der Waals surface area (Å²) in [7, 11) is 4.25. The molecule has 0 aromatic rings. The Labute approximate surface area is 124 Å².